The van der Waals surface area contributed by atoms with Crippen LogP contribution < -0.4 is 5.32 Å². The summed E-state index contributed by atoms with van der Waals surface area (Å²) in [6, 6.07) is 10.6. The van der Waals surface area contributed by atoms with Crippen molar-refractivity contribution in [3.05, 3.63) is 64.7 Å². The fourth-order valence-corrected chi connectivity index (χ4v) is 1.96. The number of aliphatic hydroxyl groups excluding tert-OH is 1. The number of hydrogen-bond acceptors (Lipinski definition) is 2. The van der Waals surface area contributed by atoms with E-state index in [9.17, 15) is 13.9 Å². The van der Waals surface area contributed by atoms with E-state index in [2.05, 4.69) is 5.32 Å². The zero-order valence-corrected chi connectivity index (χ0v) is 10.7. The van der Waals surface area contributed by atoms with Crippen molar-refractivity contribution in [2.45, 2.75) is 6.10 Å². The molecule has 19 heavy (non-hydrogen) atoms. The van der Waals surface area contributed by atoms with E-state index < -0.39 is 17.7 Å². The molecule has 5 heteroatoms. The van der Waals surface area contributed by atoms with Gasteiger partial charge in [0.1, 0.15) is 0 Å². The lowest BCUT2D eigenvalue weighted by Gasteiger charge is -2.15. The molecule has 1 unspecified atom stereocenters. The highest BCUT2D eigenvalue weighted by atomic mass is 35.5. The number of hydrogen-bond donors (Lipinski definition) is 2. The second-order valence-corrected chi connectivity index (χ2v) is 4.43. The van der Waals surface area contributed by atoms with Gasteiger partial charge in [0.05, 0.1) is 11.8 Å². The molecule has 0 heterocycles. The first-order chi connectivity index (χ1) is 9.09. The van der Waals surface area contributed by atoms with Crippen LogP contribution in [-0.4, -0.2) is 11.7 Å². The van der Waals surface area contributed by atoms with Gasteiger partial charge in [-0.2, -0.15) is 0 Å². The van der Waals surface area contributed by atoms with Crippen molar-refractivity contribution in [3.63, 3.8) is 0 Å². The summed E-state index contributed by atoms with van der Waals surface area (Å²) in [7, 11) is 0. The lowest BCUT2D eigenvalue weighted by atomic mass is 10.1. The van der Waals surface area contributed by atoms with Gasteiger partial charge < -0.3 is 10.4 Å². The first-order valence-electron chi connectivity index (χ1n) is 5.70. The van der Waals surface area contributed by atoms with Gasteiger partial charge in [0.15, 0.2) is 11.6 Å². The van der Waals surface area contributed by atoms with Crippen LogP contribution in [0, 0.1) is 11.6 Å². The van der Waals surface area contributed by atoms with Crippen LogP contribution in [-0.2, 0) is 0 Å². The first kappa shape index (κ1) is 13.8. The van der Waals surface area contributed by atoms with Crippen LogP contribution >= 0.6 is 11.6 Å². The van der Waals surface area contributed by atoms with Gasteiger partial charge in [-0.05, 0) is 18.2 Å². The van der Waals surface area contributed by atoms with Crippen LogP contribution in [0.3, 0.4) is 0 Å². The van der Waals surface area contributed by atoms with E-state index in [0.29, 0.717) is 10.6 Å². The molecule has 100 valence electrons. The molecule has 2 nitrogen and oxygen atoms in total. The second-order valence-electron chi connectivity index (χ2n) is 4.02. The van der Waals surface area contributed by atoms with Crippen molar-refractivity contribution < 1.29 is 13.9 Å². The monoisotopic (exact) mass is 283 g/mol. The van der Waals surface area contributed by atoms with Gasteiger partial charge in [-0.25, -0.2) is 8.78 Å². The zero-order valence-electron chi connectivity index (χ0n) is 9.91. The summed E-state index contributed by atoms with van der Waals surface area (Å²) in [5, 5.41) is 13.0. The molecule has 0 aliphatic heterocycles. The summed E-state index contributed by atoms with van der Waals surface area (Å²) < 4.78 is 26.4. The Kier molecular flexibility index (Phi) is 4.35. The SMILES string of the molecule is OC(CNc1cccc(F)c1F)c1ccccc1Cl. The number of aliphatic hydroxyl groups is 1. The number of rotatable bonds is 4. The highest BCUT2D eigenvalue weighted by molar-refractivity contribution is 6.31. The predicted octanol–water partition coefficient (Wildman–Crippen LogP) is 3.76. The van der Waals surface area contributed by atoms with Crippen LogP contribution in [0.4, 0.5) is 14.5 Å². The Balaban J connectivity index is 2.07. The van der Waals surface area contributed by atoms with Crippen LogP contribution in [0.1, 0.15) is 11.7 Å². The molecular weight excluding hydrogens is 272 g/mol. The molecule has 0 aliphatic carbocycles. The van der Waals surface area contributed by atoms with E-state index in [-0.39, 0.29) is 12.2 Å². The number of anilines is 1. The average Bonchev–Trinajstić information content (AvgIpc) is 2.40. The third-order valence-electron chi connectivity index (χ3n) is 2.70. The first-order valence-corrected chi connectivity index (χ1v) is 6.07. The minimum absolute atomic E-state index is 0.00565. The largest absolute Gasteiger partial charge is 0.387 e. The van der Waals surface area contributed by atoms with Gasteiger partial charge in [-0.1, -0.05) is 35.9 Å². The van der Waals surface area contributed by atoms with Gasteiger partial charge in [0.25, 0.3) is 0 Å². The highest BCUT2D eigenvalue weighted by Gasteiger charge is 2.13. The molecule has 2 aromatic rings. The summed E-state index contributed by atoms with van der Waals surface area (Å²) in [4.78, 5) is 0. The lowest BCUT2D eigenvalue weighted by Crippen LogP contribution is -2.13. The Morgan fingerprint density at radius 2 is 1.84 bits per heavy atom. The van der Waals surface area contributed by atoms with E-state index >= 15 is 0 Å². The molecular formula is C14H12ClF2NO. The Morgan fingerprint density at radius 1 is 1.11 bits per heavy atom. The number of benzene rings is 2. The molecule has 0 spiro atoms. The highest BCUT2D eigenvalue weighted by Crippen LogP contribution is 2.23. The Hall–Kier alpha value is -1.65. The minimum atomic E-state index is -0.964. The summed E-state index contributed by atoms with van der Waals surface area (Å²) in [6.45, 7) is 0.0319. The number of nitrogens with one attached hydrogen (secondary N) is 1. The van der Waals surface area contributed by atoms with Crippen molar-refractivity contribution in [2.75, 3.05) is 11.9 Å². The summed E-state index contributed by atoms with van der Waals surface area (Å²) in [5.74, 6) is -1.90. The van der Waals surface area contributed by atoms with Crippen molar-refractivity contribution >= 4 is 17.3 Å². The van der Waals surface area contributed by atoms with Gasteiger partial charge >= 0.3 is 0 Å². The molecule has 2 N–H and O–H groups in total. The molecule has 0 bridgehead atoms. The summed E-state index contributed by atoms with van der Waals surface area (Å²) in [6.07, 6.45) is -0.906. The average molecular weight is 284 g/mol. The zero-order chi connectivity index (χ0) is 13.8. The maximum atomic E-state index is 13.4. The van der Waals surface area contributed by atoms with Crippen molar-refractivity contribution in [1.29, 1.82) is 0 Å². The van der Waals surface area contributed by atoms with Crippen molar-refractivity contribution in [3.8, 4) is 0 Å². The fourth-order valence-electron chi connectivity index (χ4n) is 1.70. The molecule has 2 aromatic carbocycles. The summed E-state index contributed by atoms with van der Waals surface area (Å²) >= 11 is 5.94. The van der Waals surface area contributed by atoms with E-state index in [1.165, 1.54) is 12.1 Å². The van der Waals surface area contributed by atoms with Gasteiger partial charge in [0, 0.05) is 17.1 Å². The van der Waals surface area contributed by atoms with Crippen molar-refractivity contribution in [1.82, 2.24) is 0 Å². The third kappa shape index (κ3) is 3.22. The molecule has 0 amide bonds. The lowest BCUT2D eigenvalue weighted by molar-refractivity contribution is 0.191. The van der Waals surface area contributed by atoms with Gasteiger partial charge in [-0.15, -0.1) is 0 Å². The van der Waals surface area contributed by atoms with E-state index in [0.717, 1.165) is 6.07 Å². The Morgan fingerprint density at radius 3 is 2.58 bits per heavy atom. The topological polar surface area (TPSA) is 32.3 Å². The molecule has 0 aromatic heterocycles. The summed E-state index contributed by atoms with van der Waals surface area (Å²) in [5.41, 5.74) is 0.541. The van der Waals surface area contributed by atoms with Gasteiger partial charge in [0.2, 0.25) is 0 Å². The quantitative estimate of drug-likeness (QED) is 0.895. The van der Waals surface area contributed by atoms with Crippen LogP contribution in [0.25, 0.3) is 0 Å². The predicted molar refractivity (Wildman–Crippen MR) is 71.3 cm³/mol. The minimum Gasteiger partial charge on any atom is -0.387 e. The standard InChI is InChI=1S/C14H12ClF2NO/c15-10-5-2-1-4-9(10)13(19)8-18-12-7-3-6-11(16)14(12)17/h1-7,13,18-19H,8H2. The molecule has 1 atom stereocenters. The van der Waals surface area contributed by atoms with Crippen LogP contribution in [0.2, 0.25) is 5.02 Å². The van der Waals surface area contributed by atoms with E-state index in [4.69, 9.17) is 11.6 Å². The Bertz CT molecular complexity index is 577. The van der Waals surface area contributed by atoms with Crippen molar-refractivity contribution in [2.24, 2.45) is 0 Å². The Labute approximate surface area is 114 Å². The van der Waals surface area contributed by atoms with E-state index in [1.807, 2.05) is 0 Å². The molecule has 0 radical (unpaired) electrons. The molecule has 0 saturated carbocycles. The molecule has 0 aliphatic rings. The normalized spacial score (nSPS) is 12.2. The fraction of sp³-hybridized carbons (Fsp3) is 0.143. The molecule has 0 fully saturated rings. The van der Waals surface area contributed by atoms with Crippen LogP contribution in [0.5, 0.6) is 0 Å². The number of halogens is 3. The smallest absolute Gasteiger partial charge is 0.181 e. The molecule has 2 rings (SSSR count). The molecule has 0 saturated heterocycles. The maximum Gasteiger partial charge on any atom is 0.181 e. The maximum absolute atomic E-state index is 13.4. The van der Waals surface area contributed by atoms with E-state index in [1.54, 1.807) is 24.3 Å². The van der Waals surface area contributed by atoms with Gasteiger partial charge in [-0.3, -0.25) is 0 Å². The second kappa shape index (κ2) is 5.99. The third-order valence-corrected chi connectivity index (χ3v) is 3.05. The van der Waals surface area contributed by atoms with Crippen LogP contribution in [0.15, 0.2) is 42.5 Å².